The Bertz CT molecular complexity index is 2800. The first kappa shape index (κ1) is 28.1. The Morgan fingerprint density at radius 3 is 1.58 bits per heavy atom. The molecule has 0 aliphatic heterocycles. The number of para-hydroxylation sites is 2. The Labute approximate surface area is 287 Å². The van der Waals surface area contributed by atoms with Gasteiger partial charge in [0, 0.05) is 45.8 Å². The van der Waals surface area contributed by atoms with Crippen molar-refractivity contribution < 1.29 is 0 Å². The summed E-state index contributed by atoms with van der Waals surface area (Å²) in [5.74, 6) is 0. The van der Waals surface area contributed by atoms with Gasteiger partial charge in [0.25, 0.3) is 0 Å². The normalized spacial score (nSPS) is 11.6. The van der Waals surface area contributed by atoms with Crippen LogP contribution in [0.3, 0.4) is 0 Å². The monoisotopic (exact) mass is 640 g/mol. The highest BCUT2D eigenvalue weighted by molar-refractivity contribution is 6.11. The van der Waals surface area contributed by atoms with E-state index in [0.717, 1.165) is 67.2 Å². The van der Waals surface area contributed by atoms with Crippen LogP contribution < -0.4 is 0 Å². The molecule has 4 aromatic carbocycles. The molecule has 0 fully saturated rings. The number of benzene rings is 4. The van der Waals surface area contributed by atoms with Gasteiger partial charge in [-0.2, -0.15) is 0 Å². The molecule has 0 spiro atoms. The van der Waals surface area contributed by atoms with Gasteiger partial charge in [-0.1, -0.05) is 72.8 Å². The SMILES string of the molecule is c1ccc(-n2c3ccccc3c3ccc(-c4ccc5c6cccnc6n(-c6cc(-c7ccccn7)nc(-c7ccccn7)c6)c5c4)cc32)cc1. The molecular formula is C44H28N6. The number of nitrogens with zero attached hydrogens (tertiary/aromatic N) is 6. The molecule has 0 aliphatic carbocycles. The minimum atomic E-state index is 0.769. The van der Waals surface area contributed by atoms with E-state index in [1.807, 2.05) is 48.7 Å². The number of fused-ring (bicyclic) bond motifs is 6. The Kier molecular flexibility index (Phi) is 6.39. The number of pyridine rings is 4. The molecular weight excluding hydrogens is 613 g/mol. The lowest BCUT2D eigenvalue weighted by molar-refractivity contribution is 1.11. The van der Waals surface area contributed by atoms with Gasteiger partial charge in [0.15, 0.2) is 0 Å². The van der Waals surface area contributed by atoms with E-state index >= 15 is 0 Å². The summed E-state index contributed by atoms with van der Waals surface area (Å²) in [5, 5.41) is 4.69. The van der Waals surface area contributed by atoms with Gasteiger partial charge in [-0.05, 0) is 90.0 Å². The molecule has 0 saturated carbocycles. The lowest BCUT2D eigenvalue weighted by Gasteiger charge is -2.13. The molecule has 6 aromatic heterocycles. The van der Waals surface area contributed by atoms with Crippen molar-refractivity contribution in [2.45, 2.75) is 0 Å². The van der Waals surface area contributed by atoms with Crippen molar-refractivity contribution in [1.82, 2.24) is 29.1 Å². The second-order valence-corrected chi connectivity index (χ2v) is 12.4. The van der Waals surface area contributed by atoms with Crippen molar-refractivity contribution >= 4 is 43.7 Å². The minimum Gasteiger partial charge on any atom is -0.309 e. The van der Waals surface area contributed by atoms with E-state index < -0.39 is 0 Å². The molecule has 0 N–H and O–H groups in total. The molecule has 6 nitrogen and oxygen atoms in total. The van der Waals surface area contributed by atoms with Crippen LogP contribution in [-0.4, -0.2) is 29.1 Å². The van der Waals surface area contributed by atoms with Gasteiger partial charge in [0.1, 0.15) is 5.65 Å². The predicted molar refractivity (Wildman–Crippen MR) is 203 cm³/mol. The summed E-state index contributed by atoms with van der Waals surface area (Å²) in [4.78, 5) is 19.2. The summed E-state index contributed by atoms with van der Waals surface area (Å²) in [6, 6.07) is 52.9. The van der Waals surface area contributed by atoms with Crippen molar-refractivity contribution in [3.8, 4) is 45.3 Å². The highest BCUT2D eigenvalue weighted by Crippen LogP contribution is 2.38. The van der Waals surface area contributed by atoms with Crippen LogP contribution in [0.15, 0.2) is 170 Å². The summed E-state index contributed by atoms with van der Waals surface area (Å²) in [6.45, 7) is 0. The van der Waals surface area contributed by atoms with Crippen molar-refractivity contribution in [3.63, 3.8) is 0 Å². The summed E-state index contributed by atoms with van der Waals surface area (Å²) in [5.41, 5.74) is 11.8. The molecule has 0 amide bonds. The Morgan fingerprint density at radius 2 is 0.900 bits per heavy atom. The summed E-state index contributed by atoms with van der Waals surface area (Å²) in [7, 11) is 0. The first-order valence-corrected chi connectivity index (χ1v) is 16.6. The molecule has 0 saturated heterocycles. The van der Waals surface area contributed by atoms with E-state index in [9.17, 15) is 0 Å². The molecule has 50 heavy (non-hydrogen) atoms. The molecule has 10 rings (SSSR count). The van der Waals surface area contributed by atoms with Crippen molar-refractivity contribution in [1.29, 1.82) is 0 Å². The Hall–Kier alpha value is -6.92. The predicted octanol–water partition coefficient (Wildman–Crippen LogP) is 10.5. The smallest absolute Gasteiger partial charge is 0.145 e. The topological polar surface area (TPSA) is 61.4 Å². The zero-order valence-electron chi connectivity index (χ0n) is 26.8. The van der Waals surface area contributed by atoms with E-state index in [2.05, 4.69) is 128 Å². The van der Waals surface area contributed by atoms with Gasteiger partial charge in [-0.25, -0.2) is 9.97 Å². The maximum Gasteiger partial charge on any atom is 0.145 e. The number of aromatic nitrogens is 6. The van der Waals surface area contributed by atoms with Gasteiger partial charge < -0.3 is 4.57 Å². The summed E-state index contributed by atoms with van der Waals surface area (Å²) in [6.07, 6.45) is 5.45. The second kappa shape index (κ2) is 11.4. The van der Waals surface area contributed by atoms with Crippen LogP contribution in [0.4, 0.5) is 0 Å². The van der Waals surface area contributed by atoms with Gasteiger partial charge in [-0.15, -0.1) is 0 Å². The van der Waals surface area contributed by atoms with Gasteiger partial charge in [0.05, 0.1) is 45.0 Å². The second-order valence-electron chi connectivity index (χ2n) is 12.4. The zero-order chi connectivity index (χ0) is 33.0. The molecule has 10 aromatic rings. The van der Waals surface area contributed by atoms with Crippen LogP contribution in [0.2, 0.25) is 0 Å². The van der Waals surface area contributed by atoms with Gasteiger partial charge in [-0.3, -0.25) is 14.5 Å². The van der Waals surface area contributed by atoms with Crippen LogP contribution in [0.25, 0.3) is 89.0 Å². The van der Waals surface area contributed by atoms with Crippen molar-refractivity contribution in [3.05, 3.63) is 170 Å². The van der Waals surface area contributed by atoms with Crippen molar-refractivity contribution in [2.24, 2.45) is 0 Å². The standard InChI is InChI=1S/C44H28N6/c1-2-11-31(12-3-1)49-41-17-5-4-13-33(41)34-20-18-29(25-42(34)49)30-19-21-35-36-14-10-24-47-44(36)50(43(35)26-30)32-27-39(37-15-6-8-22-45-37)48-40(28-32)38-16-7-9-23-46-38/h1-28H. The van der Waals surface area contributed by atoms with E-state index in [-0.39, 0.29) is 0 Å². The highest BCUT2D eigenvalue weighted by atomic mass is 15.1. The average Bonchev–Trinajstić information content (AvgIpc) is 3.71. The number of hydrogen-bond donors (Lipinski definition) is 0. The largest absolute Gasteiger partial charge is 0.309 e. The highest BCUT2D eigenvalue weighted by Gasteiger charge is 2.18. The number of rotatable bonds is 5. The molecule has 6 heterocycles. The average molecular weight is 641 g/mol. The first-order valence-electron chi connectivity index (χ1n) is 16.6. The third-order valence-corrected chi connectivity index (χ3v) is 9.47. The van der Waals surface area contributed by atoms with Gasteiger partial charge in [0.2, 0.25) is 0 Å². The van der Waals surface area contributed by atoms with Crippen molar-refractivity contribution in [2.75, 3.05) is 0 Å². The lowest BCUT2D eigenvalue weighted by Crippen LogP contribution is -2.00. The molecule has 0 radical (unpaired) electrons. The fraction of sp³-hybridized carbons (Fsp3) is 0. The van der Waals surface area contributed by atoms with Crippen LogP contribution >= 0.6 is 0 Å². The maximum atomic E-state index is 5.03. The maximum absolute atomic E-state index is 5.03. The minimum absolute atomic E-state index is 0.769. The zero-order valence-corrected chi connectivity index (χ0v) is 26.8. The van der Waals surface area contributed by atoms with E-state index in [4.69, 9.17) is 9.97 Å². The third kappa shape index (κ3) is 4.50. The summed E-state index contributed by atoms with van der Waals surface area (Å²) >= 11 is 0. The Morgan fingerprint density at radius 1 is 0.340 bits per heavy atom. The van der Waals surface area contributed by atoms with Crippen LogP contribution in [0, 0.1) is 0 Å². The van der Waals surface area contributed by atoms with Crippen LogP contribution in [0.5, 0.6) is 0 Å². The first-order chi connectivity index (χ1) is 24.8. The number of hydrogen-bond acceptors (Lipinski definition) is 4. The molecule has 6 heteroatoms. The third-order valence-electron chi connectivity index (χ3n) is 9.47. The van der Waals surface area contributed by atoms with E-state index in [1.54, 1.807) is 12.4 Å². The fourth-order valence-electron chi connectivity index (χ4n) is 7.23. The van der Waals surface area contributed by atoms with Gasteiger partial charge >= 0.3 is 0 Å². The van der Waals surface area contributed by atoms with Crippen LogP contribution in [0.1, 0.15) is 0 Å². The van der Waals surface area contributed by atoms with E-state index in [0.29, 0.717) is 0 Å². The molecule has 234 valence electrons. The van der Waals surface area contributed by atoms with E-state index in [1.165, 1.54) is 21.8 Å². The quantitative estimate of drug-likeness (QED) is 0.188. The molecule has 0 bridgehead atoms. The Balaban J connectivity index is 1.22. The molecule has 0 aliphatic rings. The lowest BCUT2D eigenvalue weighted by atomic mass is 10.0. The molecule has 0 unspecified atom stereocenters. The summed E-state index contributed by atoms with van der Waals surface area (Å²) < 4.78 is 4.61. The molecule has 0 atom stereocenters. The fourth-order valence-corrected chi connectivity index (χ4v) is 7.23. The van der Waals surface area contributed by atoms with Crippen LogP contribution in [-0.2, 0) is 0 Å².